The second-order valence-corrected chi connectivity index (χ2v) is 6.09. The summed E-state index contributed by atoms with van der Waals surface area (Å²) in [5.74, 6) is 0.833. The summed E-state index contributed by atoms with van der Waals surface area (Å²) in [6.07, 6.45) is 8.11. The normalized spacial score (nSPS) is 24.4. The van der Waals surface area contributed by atoms with Crippen LogP contribution < -0.4 is 10.2 Å². The minimum atomic E-state index is 0.833. The fraction of sp³-hybridized carbons (Fsp3) is 0.647. The highest BCUT2D eigenvalue weighted by atomic mass is 15.1. The second kappa shape index (κ2) is 6.42. The first-order valence-corrected chi connectivity index (χ1v) is 7.97. The van der Waals surface area contributed by atoms with E-state index in [-0.39, 0.29) is 0 Å². The molecular weight excluding hydrogens is 232 g/mol. The molecule has 2 aliphatic heterocycles. The van der Waals surface area contributed by atoms with Crippen LogP contribution in [0.4, 0.5) is 5.69 Å². The van der Waals surface area contributed by atoms with E-state index in [4.69, 9.17) is 0 Å². The van der Waals surface area contributed by atoms with Crippen molar-refractivity contribution in [1.29, 1.82) is 0 Å². The van der Waals surface area contributed by atoms with Crippen molar-refractivity contribution in [3.05, 3.63) is 29.8 Å². The number of hydrogen-bond donors (Lipinski definition) is 1. The molecule has 1 unspecified atom stereocenters. The van der Waals surface area contributed by atoms with Crippen molar-refractivity contribution in [3.8, 4) is 0 Å². The Morgan fingerprint density at radius 1 is 1.05 bits per heavy atom. The van der Waals surface area contributed by atoms with Gasteiger partial charge in [-0.2, -0.15) is 0 Å². The lowest BCUT2D eigenvalue weighted by molar-refractivity contribution is 0.376. The molecule has 104 valence electrons. The topological polar surface area (TPSA) is 15.3 Å². The van der Waals surface area contributed by atoms with Crippen molar-refractivity contribution >= 4 is 5.69 Å². The quantitative estimate of drug-likeness (QED) is 0.895. The van der Waals surface area contributed by atoms with E-state index in [0.717, 1.165) is 5.92 Å². The fourth-order valence-corrected chi connectivity index (χ4v) is 3.54. The Kier molecular flexibility index (Phi) is 4.39. The first kappa shape index (κ1) is 13.0. The van der Waals surface area contributed by atoms with Crippen LogP contribution in [0.15, 0.2) is 24.3 Å². The van der Waals surface area contributed by atoms with Crippen LogP contribution in [0, 0.1) is 5.92 Å². The molecule has 1 aromatic carbocycles. The zero-order chi connectivity index (χ0) is 12.9. The van der Waals surface area contributed by atoms with Crippen LogP contribution in [0.25, 0.3) is 0 Å². The number of hydrogen-bond acceptors (Lipinski definition) is 2. The minimum absolute atomic E-state index is 0.833. The minimum Gasteiger partial charge on any atom is -0.371 e. The summed E-state index contributed by atoms with van der Waals surface area (Å²) < 4.78 is 0. The molecule has 2 aliphatic rings. The molecule has 1 N–H and O–H groups in total. The highest BCUT2D eigenvalue weighted by Gasteiger charge is 2.18. The largest absolute Gasteiger partial charge is 0.371 e. The average Bonchev–Trinajstić information content (AvgIpc) is 2.50. The van der Waals surface area contributed by atoms with E-state index >= 15 is 0 Å². The van der Waals surface area contributed by atoms with Crippen LogP contribution in [0.2, 0.25) is 0 Å². The smallest absolute Gasteiger partial charge is 0.0398 e. The molecule has 0 aromatic heterocycles. The second-order valence-electron chi connectivity index (χ2n) is 6.09. The van der Waals surface area contributed by atoms with E-state index in [9.17, 15) is 0 Å². The SMILES string of the molecule is c1ccc(N2CCCCC2)c(CC2CCCNC2)c1. The third-order valence-corrected chi connectivity index (χ3v) is 4.60. The molecule has 2 fully saturated rings. The van der Waals surface area contributed by atoms with Crippen molar-refractivity contribution in [2.45, 2.75) is 38.5 Å². The molecule has 19 heavy (non-hydrogen) atoms. The summed E-state index contributed by atoms with van der Waals surface area (Å²) in [6, 6.07) is 9.08. The molecule has 2 heteroatoms. The van der Waals surface area contributed by atoms with Gasteiger partial charge in [0.05, 0.1) is 0 Å². The van der Waals surface area contributed by atoms with E-state index in [1.807, 2.05) is 0 Å². The molecule has 0 amide bonds. The highest BCUT2D eigenvalue weighted by Crippen LogP contribution is 2.27. The number of nitrogens with zero attached hydrogens (tertiary/aromatic N) is 1. The van der Waals surface area contributed by atoms with Crippen molar-refractivity contribution < 1.29 is 0 Å². The highest BCUT2D eigenvalue weighted by molar-refractivity contribution is 5.54. The summed E-state index contributed by atoms with van der Waals surface area (Å²) in [7, 11) is 0. The molecule has 2 heterocycles. The Balaban J connectivity index is 1.72. The van der Waals surface area contributed by atoms with Gasteiger partial charge in [0.15, 0.2) is 0 Å². The number of benzene rings is 1. The molecular formula is C17H26N2. The molecule has 2 nitrogen and oxygen atoms in total. The maximum absolute atomic E-state index is 3.54. The Bertz CT molecular complexity index is 390. The predicted octanol–water partition coefficient (Wildman–Crippen LogP) is 3.22. The third-order valence-electron chi connectivity index (χ3n) is 4.60. The number of para-hydroxylation sites is 1. The van der Waals surface area contributed by atoms with E-state index in [1.165, 1.54) is 70.4 Å². The lowest BCUT2D eigenvalue weighted by Gasteiger charge is -2.32. The Labute approximate surface area is 117 Å². The first-order chi connectivity index (χ1) is 9.43. The molecule has 0 aliphatic carbocycles. The Morgan fingerprint density at radius 2 is 1.89 bits per heavy atom. The van der Waals surface area contributed by atoms with Gasteiger partial charge in [0, 0.05) is 18.8 Å². The van der Waals surface area contributed by atoms with Gasteiger partial charge in [-0.1, -0.05) is 18.2 Å². The molecule has 0 spiro atoms. The summed E-state index contributed by atoms with van der Waals surface area (Å²) in [6.45, 7) is 4.92. The van der Waals surface area contributed by atoms with Crippen LogP contribution in [-0.4, -0.2) is 26.2 Å². The van der Waals surface area contributed by atoms with E-state index in [1.54, 1.807) is 5.56 Å². The Morgan fingerprint density at radius 3 is 2.68 bits per heavy atom. The van der Waals surface area contributed by atoms with Gasteiger partial charge in [-0.05, 0) is 69.2 Å². The standard InChI is InChI=1S/C17H26N2/c1-4-11-19(12-5-1)17-9-3-2-8-16(17)13-15-7-6-10-18-14-15/h2-3,8-9,15,18H,1,4-7,10-14H2. The number of nitrogens with one attached hydrogen (secondary N) is 1. The van der Waals surface area contributed by atoms with Crippen LogP contribution in [0.5, 0.6) is 0 Å². The maximum atomic E-state index is 3.54. The van der Waals surface area contributed by atoms with E-state index < -0.39 is 0 Å². The van der Waals surface area contributed by atoms with Crippen molar-refractivity contribution in [1.82, 2.24) is 5.32 Å². The zero-order valence-electron chi connectivity index (χ0n) is 11.9. The number of piperidine rings is 2. The maximum Gasteiger partial charge on any atom is 0.0398 e. The lowest BCUT2D eigenvalue weighted by Crippen LogP contribution is -2.33. The van der Waals surface area contributed by atoms with Gasteiger partial charge in [0.1, 0.15) is 0 Å². The number of rotatable bonds is 3. The van der Waals surface area contributed by atoms with Crippen molar-refractivity contribution in [2.75, 3.05) is 31.1 Å². The predicted molar refractivity (Wildman–Crippen MR) is 81.8 cm³/mol. The summed E-state index contributed by atoms with van der Waals surface area (Å²) in [5.41, 5.74) is 3.07. The summed E-state index contributed by atoms with van der Waals surface area (Å²) in [5, 5.41) is 3.54. The molecule has 2 saturated heterocycles. The van der Waals surface area contributed by atoms with Gasteiger partial charge in [-0.15, -0.1) is 0 Å². The first-order valence-electron chi connectivity index (χ1n) is 7.97. The Hall–Kier alpha value is -1.02. The van der Waals surface area contributed by atoms with Crippen molar-refractivity contribution in [2.24, 2.45) is 5.92 Å². The summed E-state index contributed by atoms with van der Waals surface area (Å²) >= 11 is 0. The fourth-order valence-electron chi connectivity index (χ4n) is 3.54. The number of anilines is 1. The lowest BCUT2D eigenvalue weighted by atomic mass is 9.91. The van der Waals surface area contributed by atoms with Crippen LogP contribution in [-0.2, 0) is 6.42 Å². The monoisotopic (exact) mass is 258 g/mol. The van der Waals surface area contributed by atoms with E-state index in [0.29, 0.717) is 0 Å². The molecule has 0 bridgehead atoms. The zero-order valence-corrected chi connectivity index (χ0v) is 11.9. The van der Waals surface area contributed by atoms with E-state index in [2.05, 4.69) is 34.5 Å². The molecule has 1 atom stereocenters. The van der Waals surface area contributed by atoms with Gasteiger partial charge in [-0.25, -0.2) is 0 Å². The third kappa shape index (κ3) is 3.30. The molecule has 1 aromatic rings. The molecule has 3 rings (SSSR count). The average molecular weight is 258 g/mol. The van der Waals surface area contributed by atoms with Gasteiger partial charge in [0.25, 0.3) is 0 Å². The van der Waals surface area contributed by atoms with Gasteiger partial charge < -0.3 is 10.2 Å². The summed E-state index contributed by atoms with van der Waals surface area (Å²) in [4.78, 5) is 2.61. The molecule has 0 radical (unpaired) electrons. The van der Waals surface area contributed by atoms with Gasteiger partial charge >= 0.3 is 0 Å². The van der Waals surface area contributed by atoms with Gasteiger partial charge in [0.2, 0.25) is 0 Å². The molecule has 0 saturated carbocycles. The van der Waals surface area contributed by atoms with Gasteiger partial charge in [-0.3, -0.25) is 0 Å². The van der Waals surface area contributed by atoms with Crippen LogP contribution >= 0.6 is 0 Å². The van der Waals surface area contributed by atoms with Crippen LogP contribution in [0.1, 0.15) is 37.7 Å². The van der Waals surface area contributed by atoms with Crippen LogP contribution in [0.3, 0.4) is 0 Å². The van der Waals surface area contributed by atoms with Crippen molar-refractivity contribution in [3.63, 3.8) is 0 Å².